The highest BCUT2D eigenvalue weighted by Crippen LogP contribution is 2.38. The van der Waals surface area contributed by atoms with Crippen molar-refractivity contribution in [1.29, 1.82) is 0 Å². The summed E-state index contributed by atoms with van der Waals surface area (Å²) in [6.45, 7) is 2.02. The first-order chi connectivity index (χ1) is 15.8. The summed E-state index contributed by atoms with van der Waals surface area (Å²) in [5, 5.41) is 0.823. The number of fused-ring (bicyclic) bond motifs is 4. The van der Waals surface area contributed by atoms with Crippen LogP contribution in [0.4, 0.5) is 5.69 Å². The van der Waals surface area contributed by atoms with Crippen LogP contribution in [0.1, 0.15) is 19.3 Å². The molecular formula is C26H23N5O. The van der Waals surface area contributed by atoms with Gasteiger partial charge in [-0.1, -0.05) is 42.5 Å². The van der Waals surface area contributed by atoms with Crippen LogP contribution < -0.4 is 9.64 Å². The van der Waals surface area contributed by atoms with Gasteiger partial charge >= 0.3 is 0 Å². The molecule has 0 amide bonds. The Morgan fingerprint density at radius 1 is 0.719 bits per heavy atom. The lowest BCUT2D eigenvalue weighted by Gasteiger charge is -2.30. The topological polar surface area (TPSA) is 64.0 Å². The zero-order valence-electron chi connectivity index (χ0n) is 18.0. The van der Waals surface area contributed by atoms with Gasteiger partial charge in [0, 0.05) is 18.7 Å². The molecule has 2 aromatic heterocycles. The molecule has 0 unspecified atom stereocenters. The Bertz CT molecular complexity index is 1450. The van der Waals surface area contributed by atoms with E-state index in [0.29, 0.717) is 11.7 Å². The van der Waals surface area contributed by atoms with Crippen LogP contribution in [-0.4, -0.2) is 40.1 Å². The number of rotatable bonds is 3. The van der Waals surface area contributed by atoms with E-state index in [1.54, 1.807) is 7.11 Å². The van der Waals surface area contributed by atoms with Gasteiger partial charge in [0.15, 0.2) is 5.82 Å². The largest absolute Gasteiger partial charge is 0.480 e. The van der Waals surface area contributed by atoms with E-state index < -0.39 is 0 Å². The van der Waals surface area contributed by atoms with Crippen molar-refractivity contribution in [3.8, 4) is 17.3 Å². The van der Waals surface area contributed by atoms with E-state index in [0.717, 1.165) is 57.3 Å². The third-order valence-corrected chi connectivity index (χ3v) is 6.15. The van der Waals surface area contributed by atoms with Crippen molar-refractivity contribution in [1.82, 2.24) is 19.9 Å². The molecule has 1 saturated heterocycles. The number of hydrogen-bond donors (Lipinski definition) is 0. The molecule has 3 aromatic carbocycles. The summed E-state index contributed by atoms with van der Waals surface area (Å²) in [5.74, 6) is 1.18. The fourth-order valence-corrected chi connectivity index (χ4v) is 4.58. The van der Waals surface area contributed by atoms with Crippen molar-refractivity contribution in [3.05, 3.63) is 60.7 Å². The summed E-state index contributed by atoms with van der Waals surface area (Å²) in [6, 6.07) is 20.1. The van der Waals surface area contributed by atoms with Gasteiger partial charge < -0.3 is 9.64 Å². The van der Waals surface area contributed by atoms with E-state index in [2.05, 4.69) is 11.0 Å². The van der Waals surface area contributed by atoms with Crippen LogP contribution in [0, 0.1) is 0 Å². The van der Waals surface area contributed by atoms with Gasteiger partial charge in [-0.05, 0) is 37.5 Å². The Balaban J connectivity index is 1.73. The second-order valence-corrected chi connectivity index (χ2v) is 8.17. The molecule has 0 bridgehead atoms. The minimum atomic E-state index is 0.530. The average molecular weight is 422 g/mol. The van der Waals surface area contributed by atoms with Gasteiger partial charge in [0.25, 0.3) is 0 Å². The van der Waals surface area contributed by atoms with Crippen LogP contribution in [0.15, 0.2) is 60.7 Å². The van der Waals surface area contributed by atoms with Gasteiger partial charge in [-0.15, -0.1) is 0 Å². The van der Waals surface area contributed by atoms with Crippen molar-refractivity contribution in [2.45, 2.75) is 19.3 Å². The van der Waals surface area contributed by atoms with Crippen LogP contribution >= 0.6 is 0 Å². The van der Waals surface area contributed by atoms with E-state index in [1.165, 1.54) is 19.3 Å². The molecule has 0 N–H and O–H groups in total. The van der Waals surface area contributed by atoms with E-state index in [1.807, 2.05) is 54.6 Å². The van der Waals surface area contributed by atoms with Gasteiger partial charge in [-0.2, -0.15) is 4.98 Å². The molecule has 158 valence electrons. The van der Waals surface area contributed by atoms with Gasteiger partial charge in [0.1, 0.15) is 11.0 Å². The van der Waals surface area contributed by atoms with Crippen LogP contribution in [0.25, 0.3) is 44.4 Å². The Kier molecular flexibility index (Phi) is 4.56. The van der Waals surface area contributed by atoms with E-state index in [-0.39, 0.29) is 0 Å². The minimum Gasteiger partial charge on any atom is -0.480 e. The Hall–Kier alpha value is -3.80. The molecule has 0 aliphatic carbocycles. The molecule has 1 aliphatic heterocycles. The predicted molar refractivity (Wildman–Crippen MR) is 128 cm³/mol. The second-order valence-electron chi connectivity index (χ2n) is 8.17. The summed E-state index contributed by atoms with van der Waals surface area (Å²) in [6.07, 6.45) is 3.62. The first kappa shape index (κ1) is 18.9. The molecule has 6 rings (SSSR count). The number of para-hydroxylation sites is 2. The number of aromatic nitrogens is 4. The molecule has 3 heterocycles. The maximum Gasteiger partial charge on any atom is 0.227 e. The number of piperidine rings is 1. The molecule has 0 atom stereocenters. The molecule has 0 saturated carbocycles. The summed E-state index contributed by atoms with van der Waals surface area (Å²) in [7, 11) is 1.66. The molecule has 1 aliphatic rings. The van der Waals surface area contributed by atoms with Crippen molar-refractivity contribution in [3.63, 3.8) is 0 Å². The van der Waals surface area contributed by atoms with Crippen molar-refractivity contribution in [2.24, 2.45) is 0 Å². The van der Waals surface area contributed by atoms with Crippen LogP contribution in [0.5, 0.6) is 5.88 Å². The minimum absolute atomic E-state index is 0.530. The van der Waals surface area contributed by atoms with E-state index >= 15 is 0 Å². The number of benzene rings is 3. The quantitative estimate of drug-likeness (QED) is 0.287. The fraction of sp³-hybridized carbons (Fsp3) is 0.231. The van der Waals surface area contributed by atoms with Gasteiger partial charge in [-0.25, -0.2) is 15.0 Å². The third-order valence-electron chi connectivity index (χ3n) is 6.15. The Labute approximate surface area is 185 Å². The van der Waals surface area contributed by atoms with Gasteiger partial charge in [0.2, 0.25) is 5.88 Å². The third kappa shape index (κ3) is 3.11. The maximum atomic E-state index is 5.81. The Morgan fingerprint density at radius 2 is 1.44 bits per heavy atom. The summed E-state index contributed by atoms with van der Waals surface area (Å²) in [4.78, 5) is 22.2. The normalized spacial score (nSPS) is 14.3. The standard InChI is InChI=1S/C26H23N5O/c1-32-26-22-23-20(27-18-12-6-7-13-19(18)28-23)16-21(31-14-8-3-9-15-31)24(22)29-25(30-26)17-10-4-2-5-11-17/h2,4-7,10-13,16H,3,8-9,14-15H2,1H3. The molecule has 6 heteroatoms. The molecule has 1 fully saturated rings. The SMILES string of the molecule is COc1nc(-c2ccccc2)nc2c(N3CCCCC3)cc3nc4ccccc4nc3c12. The summed E-state index contributed by atoms with van der Waals surface area (Å²) < 4.78 is 5.81. The monoisotopic (exact) mass is 421 g/mol. The lowest BCUT2D eigenvalue weighted by molar-refractivity contribution is 0.403. The first-order valence-electron chi connectivity index (χ1n) is 11.1. The lowest BCUT2D eigenvalue weighted by atomic mass is 10.1. The summed E-state index contributed by atoms with van der Waals surface area (Å²) in [5.41, 5.74) is 6.25. The molecule has 0 spiro atoms. The van der Waals surface area contributed by atoms with Crippen molar-refractivity contribution < 1.29 is 4.74 Å². The van der Waals surface area contributed by atoms with Crippen molar-refractivity contribution >= 4 is 38.7 Å². The number of methoxy groups -OCH3 is 1. The summed E-state index contributed by atoms with van der Waals surface area (Å²) >= 11 is 0. The van der Waals surface area contributed by atoms with Crippen LogP contribution in [0.3, 0.4) is 0 Å². The highest BCUT2D eigenvalue weighted by molar-refractivity contribution is 6.12. The number of hydrogen-bond acceptors (Lipinski definition) is 6. The van der Waals surface area contributed by atoms with Gasteiger partial charge in [-0.3, -0.25) is 0 Å². The zero-order valence-corrected chi connectivity index (χ0v) is 18.0. The van der Waals surface area contributed by atoms with Gasteiger partial charge in [0.05, 0.1) is 34.7 Å². The highest BCUT2D eigenvalue weighted by Gasteiger charge is 2.22. The van der Waals surface area contributed by atoms with Crippen LogP contribution in [-0.2, 0) is 0 Å². The maximum absolute atomic E-state index is 5.81. The molecule has 6 nitrogen and oxygen atoms in total. The fourth-order valence-electron chi connectivity index (χ4n) is 4.58. The second kappa shape index (κ2) is 7.71. The predicted octanol–water partition coefficient (Wildman–Crippen LogP) is 5.39. The first-order valence-corrected chi connectivity index (χ1v) is 11.1. The average Bonchev–Trinajstić information content (AvgIpc) is 2.87. The lowest BCUT2D eigenvalue weighted by Crippen LogP contribution is -2.29. The smallest absolute Gasteiger partial charge is 0.227 e. The van der Waals surface area contributed by atoms with Crippen molar-refractivity contribution in [2.75, 3.05) is 25.1 Å². The molecular weight excluding hydrogens is 398 g/mol. The van der Waals surface area contributed by atoms with Crippen LogP contribution in [0.2, 0.25) is 0 Å². The van der Waals surface area contributed by atoms with E-state index in [4.69, 9.17) is 24.7 Å². The highest BCUT2D eigenvalue weighted by atomic mass is 16.5. The molecule has 0 radical (unpaired) electrons. The number of ether oxygens (including phenoxy) is 1. The molecule has 5 aromatic rings. The Morgan fingerprint density at radius 3 is 2.19 bits per heavy atom. The number of anilines is 1. The number of nitrogens with zero attached hydrogens (tertiary/aromatic N) is 5. The zero-order chi connectivity index (χ0) is 21.5. The molecule has 32 heavy (non-hydrogen) atoms. The van der Waals surface area contributed by atoms with E-state index in [9.17, 15) is 0 Å².